The van der Waals surface area contributed by atoms with E-state index in [9.17, 15) is 4.79 Å². The quantitative estimate of drug-likeness (QED) is 0.686. The van der Waals surface area contributed by atoms with Gasteiger partial charge in [0.2, 0.25) is 0 Å². The summed E-state index contributed by atoms with van der Waals surface area (Å²) in [4.78, 5) is 12.8. The van der Waals surface area contributed by atoms with E-state index in [-0.39, 0.29) is 0 Å². The summed E-state index contributed by atoms with van der Waals surface area (Å²) in [6, 6.07) is 0. The van der Waals surface area contributed by atoms with E-state index in [2.05, 4.69) is 39.3 Å². The van der Waals surface area contributed by atoms with E-state index < -0.39 is 16.1 Å². The fourth-order valence-corrected chi connectivity index (χ4v) is 7.38. The topological polar surface area (TPSA) is 17.1 Å². The predicted octanol–water partition coefficient (Wildman–Crippen LogP) is 4.10. The minimum absolute atomic E-state index is 0.452. The van der Waals surface area contributed by atoms with Gasteiger partial charge in [-0.25, -0.2) is 0 Å². The lowest BCUT2D eigenvalue weighted by Crippen LogP contribution is -2.35. The van der Waals surface area contributed by atoms with E-state index in [1.165, 1.54) is 28.0 Å². The van der Waals surface area contributed by atoms with Crippen LogP contribution in [0.3, 0.4) is 0 Å². The highest BCUT2D eigenvalue weighted by Crippen LogP contribution is 2.46. The Morgan fingerprint density at radius 1 is 0.765 bits per heavy atom. The molecule has 0 aromatic rings. The zero-order valence-electron chi connectivity index (χ0n) is 12.0. The SMILES string of the molecule is C[Si](C)(C)C1=C2CCCC2=C([Si](C)(C)C)C1=O. The van der Waals surface area contributed by atoms with Crippen molar-refractivity contribution in [3.63, 3.8) is 0 Å². The molecule has 0 aromatic heterocycles. The Morgan fingerprint density at radius 3 is 1.41 bits per heavy atom. The Labute approximate surface area is 107 Å². The summed E-state index contributed by atoms with van der Waals surface area (Å²) < 4.78 is 0. The molecular formula is C14H24OSi2. The molecule has 0 aromatic carbocycles. The molecule has 1 fully saturated rings. The van der Waals surface area contributed by atoms with Gasteiger partial charge in [0.05, 0.1) is 16.1 Å². The molecule has 0 bridgehead atoms. The highest BCUT2D eigenvalue weighted by atomic mass is 28.3. The Hall–Kier alpha value is -0.416. The number of ketones is 1. The third kappa shape index (κ3) is 2.04. The fourth-order valence-electron chi connectivity index (χ4n) is 3.28. The highest BCUT2D eigenvalue weighted by Gasteiger charge is 2.43. The second-order valence-corrected chi connectivity index (χ2v) is 17.4. The van der Waals surface area contributed by atoms with Gasteiger partial charge in [0, 0.05) is 0 Å². The van der Waals surface area contributed by atoms with E-state index in [1.54, 1.807) is 0 Å². The molecule has 0 unspecified atom stereocenters. The highest BCUT2D eigenvalue weighted by molar-refractivity contribution is 6.94. The number of Topliss-reactive ketones (excluding diaryl/α,β-unsaturated/α-hetero) is 1. The van der Waals surface area contributed by atoms with Crippen LogP contribution >= 0.6 is 0 Å². The van der Waals surface area contributed by atoms with E-state index in [0.29, 0.717) is 5.78 Å². The number of rotatable bonds is 2. The second-order valence-electron chi connectivity index (χ2n) is 7.39. The van der Waals surface area contributed by atoms with Crippen molar-refractivity contribution in [3.05, 3.63) is 21.5 Å². The Balaban J connectivity index is 2.58. The molecule has 0 heterocycles. The maximum atomic E-state index is 12.8. The molecule has 2 aliphatic rings. The van der Waals surface area contributed by atoms with Crippen LogP contribution in [-0.2, 0) is 4.79 Å². The van der Waals surface area contributed by atoms with Gasteiger partial charge in [0.1, 0.15) is 0 Å². The standard InChI is InChI=1S/C14H24OSi2/c1-16(2,3)13-10-8-7-9-11(10)14(12(13)15)17(4,5)6/h7-9H2,1-6H3. The van der Waals surface area contributed by atoms with Crippen LogP contribution in [0.1, 0.15) is 19.3 Å². The molecule has 0 amide bonds. The summed E-state index contributed by atoms with van der Waals surface area (Å²) in [5, 5.41) is 2.53. The molecule has 0 radical (unpaired) electrons. The van der Waals surface area contributed by atoms with Crippen molar-refractivity contribution in [2.45, 2.75) is 58.5 Å². The average Bonchev–Trinajstić information content (AvgIpc) is 2.55. The van der Waals surface area contributed by atoms with Gasteiger partial charge in [-0.15, -0.1) is 0 Å². The average molecular weight is 265 g/mol. The zero-order chi connectivity index (χ0) is 13.0. The van der Waals surface area contributed by atoms with Crippen LogP contribution in [0.15, 0.2) is 21.5 Å². The van der Waals surface area contributed by atoms with Crippen molar-refractivity contribution in [3.8, 4) is 0 Å². The van der Waals surface area contributed by atoms with Gasteiger partial charge >= 0.3 is 0 Å². The summed E-state index contributed by atoms with van der Waals surface area (Å²) in [5.41, 5.74) is 2.96. The predicted molar refractivity (Wildman–Crippen MR) is 79.6 cm³/mol. The van der Waals surface area contributed by atoms with Crippen LogP contribution in [0.2, 0.25) is 39.3 Å². The van der Waals surface area contributed by atoms with Crippen molar-refractivity contribution < 1.29 is 4.79 Å². The Kier molecular flexibility index (Phi) is 2.90. The minimum Gasteiger partial charge on any atom is -0.290 e. The molecule has 0 N–H and O–H groups in total. The van der Waals surface area contributed by atoms with Gasteiger partial charge in [-0.2, -0.15) is 0 Å². The van der Waals surface area contributed by atoms with E-state index in [4.69, 9.17) is 0 Å². The van der Waals surface area contributed by atoms with Crippen molar-refractivity contribution in [1.29, 1.82) is 0 Å². The van der Waals surface area contributed by atoms with Gasteiger partial charge in [-0.05, 0) is 40.8 Å². The van der Waals surface area contributed by atoms with Crippen molar-refractivity contribution >= 4 is 21.9 Å². The molecule has 94 valence electrons. The van der Waals surface area contributed by atoms with Crippen LogP contribution in [0.25, 0.3) is 0 Å². The van der Waals surface area contributed by atoms with E-state index in [0.717, 1.165) is 12.8 Å². The molecule has 3 heteroatoms. The Bertz CT molecular complexity index is 402. The van der Waals surface area contributed by atoms with Crippen molar-refractivity contribution in [2.24, 2.45) is 0 Å². The van der Waals surface area contributed by atoms with Gasteiger partial charge in [0.15, 0.2) is 5.78 Å². The number of hydrogen-bond acceptors (Lipinski definition) is 1. The van der Waals surface area contributed by atoms with Gasteiger partial charge in [-0.1, -0.05) is 39.3 Å². The molecule has 0 saturated heterocycles. The minimum atomic E-state index is -1.48. The number of hydrogen-bond donors (Lipinski definition) is 0. The van der Waals surface area contributed by atoms with Crippen LogP contribution in [0, 0.1) is 0 Å². The molecule has 0 spiro atoms. The van der Waals surface area contributed by atoms with Crippen LogP contribution in [0.5, 0.6) is 0 Å². The molecule has 2 rings (SSSR count). The molecule has 0 aliphatic heterocycles. The molecule has 17 heavy (non-hydrogen) atoms. The van der Waals surface area contributed by atoms with Gasteiger partial charge in [-0.3, -0.25) is 4.79 Å². The smallest absolute Gasteiger partial charge is 0.177 e. The summed E-state index contributed by atoms with van der Waals surface area (Å²) in [7, 11) is -2.97. The maximum Gasteiger partial charge on any atom is 0.177 e. The number of fused-ring (bicyclic) bond motifs is 1. The Morgan fingerprint density at radius 2 is 1.12 bits per heavy atom. The first-order valence-corrected chi connectivity index (χ1v) is 13.7. The van der Waals surface area contributed by atoms with Crippen molar-refractivity contribution in [1.82, 2.24) is 0 Å². The molecular weight excluding hydrogens is 240 g/mol. The lowest BCUT2D eigenvalue weighted by atomic mass is 10.2. The third-order valence-corrected chi connectivity index (χ3v) is 7.83. The first-order chi connectivity index (χ1) is 7.64. The van der Waals surface area contributed by atoms with Gasteiger partial charge < -0.3 is 0 Å². The molecule has 1 saturated carbocycles. The van der Waals surface area contributed by atoms with E-state index in [1.807, 2.05) is 0 Å². The third-order valence-electron chi connectivity index (χ3n) is 3.78. The molecule has 0 atom stereocenters. The molecule has 2 aliphatic carbocycles. The lowest BCUT2D eigenvalue weighted by molar-refractivity contribution is -0.111. The number of allylic oxidation sites excluding steroid dienone is 4. The van der Waals surface area contributed by atoms with Gasteiger partial charge in [0.25, 0.3) is 0 Å². The number of carbonyl (C=O) groups is 1. The first kappa shape index (κ1) is 13.0. The first-order valence-electron chi connectivity index (χ1n) is 6.66. The van der Waals surface area contributed by atoms with Crippen molar-refractivity contribution in [2.75, 3.05) is 0 Å². The van der Waals surface area contributed by atoms with Crippen LogP contribution in [0.4, 0.5) is 0 Å². The summed E-state index contributed by atoms with van der Waals surface area (Å²) in [5.74, 6) is 0.452. The lowest BCUT2D eigenvalue weighted by Gasteiger charge is -2.23. The van der Waals surface area contributed by atoms with Crippen LogP contribution < -0.4 is 0 Å². The zero-order valence-corrected chi connectivity index (χ0v) is 14.0. The largest absolute Gasteiger partial charge is 0.290 e. The normalized spacial score (nSPS) is 21.6. The summed E-state index contributed by atoms with van der Waals surface area (Å²) in [6.45, 7) is 13.9. The van der Waals surface area contributed by atoms with Crippen LogP contribution in [-0.4, -0.2) is 21.9 Å². The molecule has 1 nitrogen and oxygen atoms in total. The number of carbonyl (C=O) groups excluding carboxylic acids is 1. The van der Waals surface area contributed by atoms with E-state index >= 15 is 0 Å². The maximum absolute atomic E-state index is 12.8. The summed E-state index contributed by atoms with van der Waals surface area (Å²) in [6.07, 6.45) is 3.59. The second kappa shape index (κ2) is 3.79. The summed E-state index contributed by atoms with van der Waals surface area (Å²) >= 11 is 0. The monoisotopic (exact) mass is 264 g/mol. The fraction of sp³-hybridized carbons (Fsp3) is 0.643.